The maximum Gasteiger partial charge on any atom is 0.147 e. The van der Waals surface area contributed by atoms with E-state index in [9.17, 15) is 4.39 Å². The van der Waals surface area contributed by atoms with Crippen molar-refractivity contribution >= 4 is 21.6 Å². The molecule has 0 spiro atoms. The van der Waals surface area contributed by atoms with E-state index in [1.807, 2.05) is 6.07 Å². The van der Waals surface area contributed by atoms with Gasteiger partial charge in [0.15, 0.2) is 0 Å². The quantitative estimate of drug-likeness (QED) is 0.922. The van der Waals surface area contributed by atoms with E-state index < -0.39 is 0 Å². The largest absolute Gasteiger partial charge is 0.368 e. The van der Waals surface area contributed by atoms with Crippen LogP contribution >= 0.6 is 15.9 Å². The summed E-state index contributed by atoms with van der Waals surface area (Å²) in [5, 5.41) is 3.45. The summed E-state index contributed by atoms with van der Waals surface area (Å²) in [7, 11) is 0. The molecule has 1 heterocycles. The highest BCUT2D eigenvalue weighted by Gasteiger charge is 2.21. The van der Waals surface area contributed by atoms with Crippen molar-refractivity contribution in [3.05, 3.63) is 28.5 Å². The standard InChI is InChI=1S/C13H18BrFN2/c1-2-16-10-6-8-17(9-7-10)13-11(14)4-3-5-12(13)15/h3-5,10,16H,2,6-9H2,1H3. The van der Waals surface area contributed by atoms with Gasteiger partial charge in [0, 0.05) is 23.6 Å². The van der Waals surface area contributed by atoms with Crippen LogP contribution in [0.1, 0.15) is 19.8 Å². The number of nitrogens with one attached hydrogen (secondary N) is 1. The molecular formula is C13H18BrFN2. The van der Waals surface area contributed by atoms with Gasteiger partial charge in [0.05, 0.1) is 5.69 Å². The van der Waals surface area contributed by atoms with Crippen LogP contribution in [0.3, 0.4) is 0 Å². The van der Waals surface area contributed by atoms with Crippen molar-refractivity contribution in [3.8, 4) is 0 Å². The number of piperidine rings is 1. The fraction of sp³-hybridized carbons (Fsp3) is 0.538. The first-order valence-corrected chi connectivity index (χ1v) is 6.94. The van der Waals surface area contributed by atoms with E-state index in [0.717, 1.165) is 36.9 Å². The Balaban J connectivity index is 2.05. The third-order valence-electron chi connectivity index (χ3n) is 3.24. The summed E-state index contributed by atoms with van der Waals surface area (Å²) in [6.07, 6.45) is 2.16. The minimum Gasteiger partial charge on any atom is -0.368 e. The molecule has 0 unspecified atom stereocenters. The zero-order valence-corrected chi connectivity index (χ0v) is 11.6. The molecule has 0 aliphatic carbocycles. The molecule has 0 radical (unpaired) electrons. The van der Waals surface area contributed by atoms with E-state index >= 15 is 0 Å². The van der Waals surface area contributed by atoms with E-state index in [1.54, 1.807) is 6.07 Å². The molecule has 1 aliphatic rings. The number of hydrogen-bond acceptors (Lipinski definition) is 2. The van der Waals surface area contributed by atoms with Crippen LogP contribution in [-0.4, -0.2) is 25.7 Å². The molecule has 4 heteroatoms. The zero-order chi connectivity index (χ0) is 12.3. The first-order chi connectivity index (χ1) is 8.22. The molecule has 2 rings (SSSR count). The average molecular weight is 301 g/mol. The highest BCUT2D eigenvalue weighted by atomic mass is 79.9. The van der Waals surface area contributed by atoms with Crippen molar-refractivity contribution in [2.24, 2.45) is 0 Å². The summed E-state index contributed by atoms with van der Waals surface area (Å²) in [6.45, 7) is 4.96. The molecule has 1 saturated heterocycles. The van der Waals surface area contributed by atoms with Gasteiger partial charge >= 0.3 is 0 Å². The van der Waals surface area contributed by atoms with Crippen molar-refractivity contribution in [1.82, 2.24) is 5.32 Å². The molecule has 2 nitrogen and oxygen atoms in total. The molecule has 17 heavy (non-hydrogen) atoms. The second-order valence-corrected chi connectivity index (χ2v) is 5.24. The number of anilines is 1. The van der Waals surface area contributed by atoms with Crippen molar-refractivity contribution in [1.29, 1.82) is 0 Å². The number of halogens is 2. The van der Waals surface area contributed by atoms with Crippen LogP contribution in [0.2, 0.25) is 0 Å². The molecule has 0 amide bonds. The summed E-state index contributed by atoms with van der Waals surface area (Å²) >= 11 is 3.43. The maximum absolute atomic E-state index is 13.8. The number of hydrogen-bond donors (Lipinski definition) is 1. The fourth-order valence-corrected chi connectivity index (χ4v) is 2.98. The van der Waals surface area contributed by atoms with Gasteiger partial charge < -0.3 is 10.2 Å². The third-order valence-corrected chi connectivity index (χ3v) is 3.88. The zero-order valence-electron chi connectivity index (χ0n) is 10.0. The van der Waals surface area contributed by atoms with Gasteiger partial charge in [-0.2, -0.15) is 0 Å². The number of benzene rings is 1. The molecule has 0 aromatic heterocycles. The lowest BCUT2D eigenvalue weighted by Gasteiger charge is -2.34. The predicted molar refractivity (Wildman–Crippen MR) is 73.0 cm³/mol. The van der Waals surface area contributed by atoms with Gasteiger partial charge in [-0.1, -0.05) is 13.0 Å². The smallest absolute Gasteiger partial charge is 0.147 e. The number of para-hydroxylation sites is 1. The molecule has 1 aromatic carbocycles. The Morgan fingerprint density at radius 1 is 1.41 bits per heavy atom. The molecule has 0 bridgehead atoms. The van der Waals surface area contributed by atoms with E-state index in [4.69, 9.17) is 0 Å². The Bertz CT molecular complexity index is 355. The summed E-state index contributed by atoms with van der Waals surface area (Å²) < 4.78 is 14.6. The lowest BCUT2D eigenvalue weighted by Crippen LogP contribution is -2.42. The Morgan fingerprint density at radius 2 is 2.12 bits per heavy atom. The van der Waals surface area contributed by atoms with Gasteiger partial charge in [-0.05, 0) is 47.4 Å². The maximum atomic E-state index is 13.8. The van der Waals surface area contributed by atoms with Crippen molar-refractivity contribution < 1.29 is 4.39 Å². The first-order valence-electron chi connectivity index (χ1n) is 6.14. The van der Waals surface area contributed by atoms with Crippen molar-refractivity contribution in [2.45, 2.75) is 25.8 Å². The SMILES string of the molecule is CCNC1CCN(c2c(F)cccc2Br)CC1. The molecule has 0 atom stereocenters. The first kappa shape index (κ1) is 12.8. The lowest BCUT2D eigenvalue weighted by atomic mass is 10.0. The Hall–Kier alpha value is -0.610. The Morgan fingerprint density at radius 3 is 2.71 bits per heavy atom. The highest BCUT2D eigenvalue weighted by molar-refractivity contribution is 9.10. The minimum absolute atomic E-state index is 0.138. The van der Waals surface area contributed by atoms with Crippen molar-refractivity contribution in [2.75, 3.05) is 24.5 Å². The Labute approximate surface area is 110 Å². The molecule has 1 fully saturated rings. The second-order valence-electron chi connectivity index (χ2n) is 4.39. The third kappa shape index (κ3) is 2.99. The van der Waals surface area contributed by atoms with E-state index in [1.165, 1.54) is 6.07 Å². The van der Waals surface area contributed by atoms with Crippen LogP contribution in [0.25, 0.3) is 0 Å². The number of nitrogens with zero attached hydrogens (tertiary/aromatic N) is 1. The summed E-state index contributed by atoms with van der Waals surface area (Å²) in [5.74, 6) is -0.138. The van der Waals surface area contributed by atoms with Gasteiger partial charge in [-0.25, -0.2) is 4.39 Å². The van der Waals surface area contributed by atoms with Gasteiger partial charge in [0.1, 0.15) is 5.82 Å². The summed E-state index contributed by atoms with van der Waals surface area (Å²) in [5.41, 5.74) is 0.711. The predicted octanol–water partition coefficient (Wildman–Crippen LogP) is 3.17. The molecule has 0 saturated carbocycles. The second kappa shape index (κ2) is 5.83. The van der Waals surface area contributed by atoms with Crippen LogP contribution in [0, 0.1) is 5.82 Å². The topological polar surface area (TPSA) is 15.3 Å². The molecule has 1 aromatic rings. The molecule has 94 valence electrons. The van der Waals surface area contributed by atoms with Crippen LogP contribution < -0.4 is 10.2 Å². The van der Waals surface area contributed by atoms with Crippen LogP contribution in [0.4, 0.5) is 10.1 Å². The number of rotatable bonds is 3. The highest BCUT2D eigenvalue weighted by Crippen LogP contribution is 2.31. The van der Waals surface area contributed by atoms with Crippen LogP contribution in [0.15, 0.2) is 22.7 Å². The van der Waals surface area contributed by atoms with Gasteiger partial charge in [0.2, 0.25) is 0 Å². The van der Waals surface area contributed by atoms with E-state index in [-0.39, 0.29) is 5.82 Å². The molecule has 1 N–H and O–H groups in total. The average Bonchev–Trinajstić information content (AvgIpc) is 2.31. The minimum atomic E-state index is -0.138. The normalized spacial score (nSPS) is 17.5. The van der Waals surface area contributed by atoms with Crippen LogP contribution in [0.5, 0.6) is 0 Å². The van der Waals surface area contributed by atoms with Crippen molar-refractivity contribution in [3.63, 3.8) is 0 Å². The van der Waals surface area contributed by atoms with Gasteiger partial charge in [-0.15, -0.1) is 0 Å². The van der Waals surface area contributed by atoms with Gasteiger partial charge in [0.25, 0.3) is 0 Å². The summed E-state index contributed by atoms with van der Waals surface area (Å²) in [4.78, 5) is 2.13. The van der Waals surface area contributed by atoms with E-state index in [0.29, 0.717) is 11.7 Å². The monoisotopic (exact) mass is 300 g/mol. The molecule has 1 aliphatic heterocycles. The summed E-state index contributed by atoms with van der Waals surface area (Å²) in [6, 6.07) is 5.74. The van der Waals surface area contributed by atoms with Gasteiger partial charge in [-0.3, -0.25) is 0 Å². The Kier molecular flexibility index (Phi) is 4.40. The van der Waals surface area contributed by atoms with E-state index in [2.05, 4.69) is 33.1 Å². The fourth-order valence-electron chi connectivity index (χ4n) is 2.39. The van der Waals surface area contributed by atoms with Crippen LogP contribution in [-0.2, 0) is 0 Å². The molecular weight excluding hydrogens is 283 g/mol. The lowest BCUT2D eigenvalue weighted by molar-refractivity contribution is 0.421.